The fraction of sp³-hybridized carbons (Fsp3) is 0.222. The Hall–Kier alpha value is -4.31. The van der Waals surface area contributed by atoms with Gasteiger partial charge in [-0.25, -0.2) is 19.5 Å². The lowest BCUT2D eigenvalue weighted by atomic mass is 9.96. The van der Waals surface area contributed by atoms with E-state index in [9.17, 15) is 4.79 Å². The number of aromatic nitrogens is 5. The number of hydrogen-bond acceptors (Lipinski definition) is 8. The fourth-order valence-electron chi connectivity index (χ4n) is 4.68. The highest BCUT2D eigenvalue weighted by Crippen LogP contribution is 2.38. The highest BCUT2D eigenvalue weighted by Gasteiger charge is 2.25. The van der Waals surface area contributed by atoms with Gasteiger partial charge in [0.25, 0.3) is 0 Å². The van der Waals surface area contributed by atoms with Crippen LogP contribution in [0.25, 0.3) is 15.9 Å². The van der Waals surface area contributed by atoms with Crippen LogP contribution in [0.2, 0.25) is 0 Å². The number of pyridine rings is 1. The molecule has 4 aromatic heterocycles. The van der Waals surface area contributed by atoms with E-state index in [2.05, 4.69) is 38.0 Å². The zero-order valence-electron chi connectivity index (χ0n) is 20.3. The largest absolute Gasteiger partial charge is 0.457 e. The maximum absolute atomic E-state index is 12.1. The SMILES string of the molecule is C=CC(=O)N1CCCC(c2cc3c(Nc4ccc(Oc5ccn6ncnc6c5)c(C)c4)ncnc3s2)C1. The van der Waals surface area contributed by atoms with Crippen molar-refractivity contribution >= 4 is 44.6 Å². The molecule has 0 spiro atoms. The number of carbonyl (C=O) groups excluding carboxylic acids is 1. The van der Waals surface area contributed by atoms with E-state index in [0.29, 0.717) is 18.2 Å². The number of fused-ring (bicyclic) bond motifs is 2. The number of thiophene rings is 1. The zero-order valence-corrected chi connectivity index (χ0v) is 21.1. The zero-order chi connectivity index (χ0) is 25.4. The molecule has 0 radical (unpaired) electrons. The van der Waals surface area contributed by atoms with Crippen molar-refractivity contribution in [1.29, 1.82) is 0 Å². The van der Waals surface area contributed by atoms with Crippen LogP contribution in [-0.4, -0.2) is 48.5 Å². The van der Waals surface area contributed by atoms with Crippen molar-refractivity contribution in [1.82, 2.24) is 29.5 Å². The molecule has 1 aromatic carbocycles. The number of piperidine rings is 1. The van der Waals surface area contributed by atoms with Crippen LogP contribution in [0.3, 0.4) is 0 Å². The number of likely N-dealkylation sites (tertiary alicyclic amines) is 1. The summed E-state index contributed by atoms with van der Waals surface area (Å²) in [6.45, 7) is 7.13. The monoisotopic (exact) mass is 511 g/mol. The van der Waals surface area contributed by atoms with Crippen LogP contribution >= 0.6 is 11.3 Å². The molecule has 1 unspecified atom stereocenters. The van der Waals surface area contributed by atoms with E-state index in [1.165, 1.54) is 17.3 Å². The van der Waals surface area contributed by atoms with Gasteiger partial charge in [0.15, 0.2) is 5.65 Å². The summed E-state index contributed by atoms with van der Waals surface area (Å²) in [6.07, 6.45) is 8.35. The third-order valence-electron chi connectivity index (χ3n) is 6.58. The Kier molecular flexibility index (Phi) is 6.01. The van der Waals surface area contributed by atoms with Gasteiger partial charge in [0.1, 0.15) is 34.8 Å². The number of nitrogens with zero attached hydrogens (tertiary/aromatic N) is 6. The Bertz CT molecular complexity index is 1630. The molecular weight excluding hydrogens is 486 g/mol. The normalized spacial score (nSPS) is 15.7. The second-order valence-corrected chi connectivity index (χ2v) is 10.1. The lowest BCUT2D eigenvalue weighted by Crippen LogP contribution is -2.37. The molecule has 0 bridgehead atoms. The number of ether oxygens (including phenoxy) is 1. The Labute approximate surface area is 217 Å². The number of carbonyl (C=O) groups is 1. The Morgan fingerprint density at radius 1 is 1.19 bits per heavy atom. The van der Waals surface area contributed by atoms with Crippen LogP contribution < -0.4 is 10.1 Å². The van der Waals surface area contributed by atoms with E-state index in [4.69, 9.17) is 4.74 Å². The lowest BCUT2D eigenvalue weighted by molar-refractivity contribution is -0.127. The summed E-state index contributed by atoms with van der Waals surface area (Å²) < 4.78 is 7.79. The molecule has 6 rings (SSSR count). The topological polar surface area (TPSA) is 97.5 Å². The van der Waals surface area contributed by atoms with Crippen LogP contribution in [0.5, 0.6) is 11.5 Å². The second kappa shape index (κ2) is 9.62. The van der Waals surface area contributed by atoms with Gasteiger partial charge in [0.05, 0.1) is 5.39 Å². The molecular formula is C27H25N7O2S. The van der Waals surface area contributed by atoms with Crippen LogP contribution in [0, 0.1) is 6.92 Å². The maximum Gasteiger partial charge on any atom is 0.245 e. The van der Waals surface area contributed by atoms with Crippen molar-refractivity contribution in [3.05, 3.63) is 78.3 Å². The number of anilines is 2. The molecule has 1 amide bonds. The molecule has 0 saturated carbocycles. The molecule has 1 aliphatic heterocycles. The highest BCUT2D eigenvalue weighted by atomic mass is 32.1. The van der Waals surface area contributed by atoms with E-state index in [1.807, 2.05) is 48.4 Å². The van der Waals surface area contributed by atoms with Gasteiger partial charge < -0.3 is 15.0 Å². The van der Waals surface area contributed by atoms with Crippen molar-refractivity contribution in [2.75, 3.05) is 18.4 Å². The standard InChI is InChI=1S/C27H25N7O2S/c1-3-25(35)33-9-4-5-18(14-33)23-13-21-26(29-15-30-27(21)37-23)32-19-6-7-22(17(2)11-19)36-20-8-10-34-24(12-20)28-16-31-34/h3,6-8,10-13,15-16,18H,1,4-5,9,14H2,2H3,(H,29,30,32). The van der Waals surface area contributed by atoms with E-state index in [-0.39, 0.29) is 5.91 Å². The summed E-state index contributed by atoms with van der Waals surface area (Å²) in [7, 11) is 0. The lowest BCUT2D eigenvalue weighted by Gasteiger charge is -2.31. The van der Waals surface area contributed by atoms with Crippen LogP contribution in [0.4, 0.5) is 11.5 Å². The summed E-state index contributed by atoms with van der Waals surface area (Å²) in [4.78, 5) is 29.4. The number of rotatable bonds is 6. The highest BCUT2D eigenvalue weighted by molar-refractivity contribution is 7.18. The summed E-state index contributed by atoms with van der Waals surface area (Å²) >= 11 is 1.67. The molecule has 1 aliphatic rings. The minimum absolute atomic E-state index is 0.00478. The van der Waals surface area contributed by atoms with E-state index in [1.54, 1.807) is 22.2 Å². The first-order chi connectivity index (χ1) is 18.1. The Morgan fingerprint density at radius 3 is 2.97 bits per heavy atom. The minimum Gasteiger partial charge on any atom is -0.457 e. The molecule has 5 aromatic rings. The van der Waals surface area contributed by atoms with Gasteiger partial charge in [-0.15, -0.1) is 11.3 Å². The number of nitrogens with one attached hydrogen (secondary N) is 1. The Morgan fingerprint density at radius 2 is 2.11 bits per heavy atom. The maximum atomic E-state index is 12.1. The molecule has 10 heteroatoms. The molecule has 186 valence electrons. The van der Waals surface area contributed by atoms with E-state index in [0.717, 1.165) is 58.1 Å². The van der Waals surface area contributed by atoms with E-state index >= 15 is 0 Å². The van der Waals surface area contributed by atoms with Gasteiger partial charge in [-0.1, -0.05) is 6.58 Å². The first-order valence-electron chi connectivity index (χ1n) is 12.1. The fourth-order valence-corrected chi connectivity index (χ4v) is 5.80. The quantitative estimate of drug-likeness (QED) is 0.302. The molecule has 5 heterocycles. The van der Waals surface area contributed by atoms with Crippen molar-refractivity contribution in [2.45, 2.75) is 25.7 Å². The van der Waals surface area contributed by atoms with Gasteiger partial charge in [-0.3, -0.25) is 4.79 Å². The second-order valence-electron chi connectivity index (χ2n) is 9.05. The smallest absolute Gasteiger partial charge is 0.245 e. The summed E-state index contributed by atoms with van der Waals surface area (Å²) in [5, 5.41) is 8.55. The predicted molar refractivity (Wildman–Crippen MR) is 144 cm³/mol. The van der Waals surface area contributed by atoms with Crippen LogP contribution in [-0.2, 0) is 4.79 Å². The third kappa shape index (κ3) is 4.63. The average molecular weight is 512 g/mol. The Balaban J connectivity index is 1.21. The van der Waals surface area contributed by atoms with Crippen molar-refractivity contribution in [3.8, 4) is 11.5 Å². The average Bonchev–Trinajstić information content (AvgIpc) is 3.57. The van der Waals surface area contributed by atoms with Crippen LogP contribution in [0.15, 0.2) is 67.9 Å². The van der Waals surface area contributed by atoms with Gasteiger partial charge in [-0.2, -0.15) is 5.10 Å². The number of benzene rings is 1. The summed E-state index contributed by atoms with van der Waals surface area (Å²) in [5.74, 6) is 2.50. The molecule has 1 N–H and O–H groups in total. The predicted octanol–water partition coefficient (Wildman–Crippen LogP) is 5.47. The molecule has 1 atom stereocenters. The summed E-state index contributed by atoms with van der Waals surface area (Å²) in [5.41, 5.74) is 2.62. The van der Waals surface area contributed by atoms with Crippen molar-refractivity contribution < 1.29 is 9.53 Å². The van der Waals surface area contributed by atoms with Gasteiger partial charge in [-0.05, 0) is 61.7 Å². The van der Waals surface area contributed by atoms with E-state index < -0.39 is 0 Å². The molecule has 37 heavy (non-hydrogen) atoms. The van der Waals surface area contributed by atoms with Gasteiger partial charge in [0.2, 0.25) is 5.91 Å². The first kappa shape index (κ1) is 23.1. The first-order valence-corrected chi connectivity index (χ1v) is 12.9. The third-order valence-corrected chi connectivity index (χ3v) is 7.78. The van der Waals surface area contributed by atoms with Crippen molar-refractivity contribution in [2.24, 2.45) is 0 Å². The molecule has 0 aliphatic carbocycles. The van der Waals surface area contributed by atoms with Crippen LogP contribution in [0.1, 0.15) is 29.2 Å². The number of aryl methyl sites for hydroxylation is 1. The van der Waals surface area contributed by atoms with Gasteiger partial charge in [0, 0.05) is 41.8 Å². The van der Waals surface area contributed by atoms with Crippen molar-refractivity contribution in [3.63, 3.8) is 0 Å². The van der Waals surface area contributed by atoms with Gasteiger partial charge >= 0.3 is 0 Å². The number of amides is 1. The molecule has 1 fully saturated rings. The minimum atomic E-state index is -0.00478. The molecule has 1 saturated heterocycles. The molecule has 9 nitrogen and oxygen atoms in total. The summed E-state index contributed by atoms with van der Waals surface area (Å²) in [6, 6.07) is 11.8. The number of hydrogen-bond donors (Lipinski definition) is 1.